The van der Waals surface area contributed by atoms with Gasteiger partial charge in [-0.15, -0.1) is 11.6 Å². The number of thiophene rings is 1. The molecular weight excluding hydrogens is 226 g/mol. The first-order valence-electron chi connectivity index (χ1n) is 5.68. The molecule has 0 spiro atoms. The summed E-state index contributed by atoms with van der Waals surface area (Å²) in [5.74, 6) is 1.65. The normalized spacial score (nSPS) is 23.1. The van der Waals surface area contributed by atoms with Gasteiger partial charge in [-0.05, 0) is 54.1 Å². The molecular formula is C12H18ClNS. The van der Waals surface area contributed by atoms with Gasteiger partial charge in [0.1, 0.15) is 0 Å². The third kappa shape index (κ3) is 3.47. The van der Waals surface area contributed by atoms with E-state index >= 15 is 0 Å². The maximum atomic E-state index is 5.81. The highest BCUT2D eigenvalue weighted by molar-refractivity contribution is 7.07. The van der Waals surface area contributed by atoms with Gasteiger partial charge in [-0.3, -0.25) is 4.90 Å². The van der Waals surface area contributed by atoms with Gasteiger partial charge in [0.2, 0.25) is 0 Å². The minimum atomic E-state index is 0.816. The molecule has 1 fully saturated rings. The molecule has 1 nitrogen and oxygen atoms in total. The van der Waals surface area contributed by atoms with E-state index in [-0.39, 0.29) is 0 Å². The molecule has 0 bridgehead atoms. The molecule has 0 amide bonds. The largest absolute Gasteiger partial charge is 0.299 e. The van der Waals surface area contributed by atoms with Gasteiger partial charge < -0.3 is 0 Å². The van der Waals surface area contributed by atoms with E-state index < -0.39 is 0 Å². The Labute approximate surface area is 101 Å². The van der Waals surface area contributed by atoms with E-state index in [9.17, 15) is 0 Å². The van der Waals surface area contributed by atoms with Crippen LogP contribution in [-0.2, 0) is 6.54 Å². The summed E-state index contributed by atoms with van der Waals surface area (Å²) in [5.41, 5.74) is 1.46. The summed E-state index contributed by atoms with van der Waals surface area (Å²) >= 11 is 7.60. The van der Waals surface area contributed by atoms with Crippen LogP contribution in [0.3, 0.4) is 0 Å². The number of likely N-dealkylation sites (tertiary alicyclic amines) is 1. The molecule has 15 heavy (non-hydrogen) atoms. The lowest BCUT2D eigenvalue weighted by Crippen LogP contribution is -2.34. The van der Waals surface area contributed by atoms with E-state index in [1.807, 2.05) is 0 Å². The topological polar surface area (TPSA) is 3.24 Å². The van der Waals surface area contributed by atoms with Crippen molar-refractivity contribution >= 4 is 22.9 Å². The van der Waals surface area contributed by atoms with Gasteiger partial charge in [0.15, 0.2) is 0 Å². The highest BCUT2D eigenvalue weighted by atomic mass is 35.5. The highest BCUT2D eigenvalue weighted by Gasteiger charge is 2.19. The molecule has 1 aromatic heterocycles. The van der Waals surface area contributed by atoms with E-state index in [4.69, 9.17) is 11.6 Å². The molecule has 1 saturated heterocycles. The summed E-state index contributed by atoms with van der Waals surface area (Å²) in [5, 5.41) is 4.42. The molecule has 0 aromatic carbocycles. The summed E-state index contributed by atoms with van der Waals surface area (Å²) in [4.78, 5) is 2.57. The Morgan fingerprint density at radius 3 is 3.20 bits per heavy atom. The van der Waals surface area contributed by atoms with Crippen LogP contribution in [0, 0.1) is 5.92 Å². The smallest absolute Gasteiger partial charge is 0.0242 e. The van der Waals surface area contributed by atoms with Crippen molar-refractivity contribution in [1.82, 2.24) is 4.90 Å². The Bertz CT molecular complexity index is 271. The van der Waals surface area contributed by atoms with Crippen molar-refractivity contribution in [2.24, 2.45) is 5.92 Å². The quantitative estimate of drug-likeness (QED) is 0.731. The van der Waals surface area contributed by atoms with Gasteiger partial charge in [0, 0.05) is 19.0 Å². The van der Waals surface area contributed by atoms with E-state index in [0.717, 1.165) is 18.3 Å². The average Bonchev–Trinajstić information content (AvgIpc) is 2.71. The molecule has 1 unspecified atom stereocenters. The summed E-state index contributed by atoms with van der Waals surface area (Å²) in [7, 11) is 0. The Morgan fingerprint density at radius 2 is 2.47 bits per heavy atom. The summed E-state index contributed by atoms with van der Waals surface area (Å²) in [6.07, 6.45) is 3.89. The van der Waals surface area contributed by atoms with Crippen LogP contribution in [0.5, 0.6) is 0 Å². The van der Waals surface area contributed by atoms with Crippen LogP contribution in [-0.4, -0.2) is 23.9 Å². The highest BCUT2D eigenvalue weighted by Crippen LogP contribution is 2.22. The number of rotatable bonds is 4. The average molecular weight is 244 g/mol. The van der Waals surface area contributed by atoms with Crippen LogP contribution in [0.2, 0.25) is 0 Å². The minimum Gasteiger partial charge on any atom is -0.299 e. The molecule has 84 valence electrons. The van der Waals surface area contributed by atoms with Gasteiger partial charge in [0.25, 0.3) is 0 Å². The zero-order valence-electron chi connectivity index (χ0n) is 8.99. The van der Waals surface area contributed by atoms with Gasteiger partial charge in [-0.2, -0.15) is 11.3 Å². The lowest BCUT2D eigenvalue weighted by Gasteiger charge is -2.32. The summed E-state index contributed by atoms with van der Waals surface area (Å²) in [6, 6.07) is 2.23. The molecule has 1 aliphatic rings. The lowest BCUT2D eigenvalue weighted by molar-refractivity contribution is 0.165. The Hall–Kier alpha value is -0.0500. The second-order valence-electron chi connectivity index (χ2n) is 4.35. The number of hydrogen-bond acceptors (Lipinski definition) is 2. The maximum Gasteiger partial charge on any atom is 0.0242 e. The van der Waals surface area contributed by atoms with Crippen LogP contribution in [0.25, 0.3) is 0 Å². The Balaban J connectivity index is 1.82. The zero-order valence-corrected chi connectivity index (χ0v) is 10.6. The van der Waals surface area contributed by atoms with Crippen LogP contribution in [0.1, 0.15) is 24.8 Å². The summed E-state index contributed by atoms with van der Waals surface area (Å²) in [6.45, 7) is 3.62. The standard InChI is InChI=1S/C12H18ClNS/c13-5-3-11-2-1-6-14(8-11)9-12-4-7-15-10-12/h4,7,10-11H,1-3,5-6,8-9H2. The number of nitrogens with zero attached hydrogens (tertiary/aromatic N) is 1. The fourth-order valence-corrected chi connectivity index (χ4v) is 3.29. The van der Waals surface area contributed by atoms with Crippen molar-refractivity contribution in [3.8, 4) is 0 Å². The van der Waals surface area contributed by atoms with Crippen LogP contribution in [0.15, 0.2) is 16.8 Å². The molecule has 0 N–H and O–H groups in total. The molecule has 1 atom stereocenters. The van der Waals surface area contributed by atoms with Crippen molar-refractivity contribution < 1.29 is 0 Å². The molecule has 0 saturated carbocycles. The Morgan fingerprint density at radius 1 is 1.53 bits per heavy atom. The van der Waals surface area contributed by atoms with Crippen LogP contribution in [0.4, 0.5) is 0 Å². The first-order valence-corrected chi connectivity index (χ1v) is 7.15. The second-order valence-corrected chi connectivity index (χ2v) is 5.51. The van der Waals surface area contributed by atoms with Crippen molar-refractivity contribution in [1.29, 1.82) is 0 Å². The predicted molar refractivity (Wildman–Crippen MR) is 67.7 cm³/mol. The van der Waals surface area contributed by atoms with Crippen molar-refractivity contribution in [2.75, 3.05) is 19.0 Å². The SMILES string of the molecule is ClCCC1CCCN(Cc2ccsc2)C1. The number of alkyl halides is 1. The molecule has 2 rings (SSSR count). The Kier molecular flexibility index (Phi) is 4.48. The molecule has 2 heterocycles. The van der Waals surface area contributed by atoms with Gasteiger partial charge in [0.05, 0.1) is 0 Å². The number of piperidine rings is 1. The maximum absolute atomic E-state index is 5.81. The first kappa shape index (κ1) is 11.4. The van der Waals surface area contributed by atoms with E-state index in [1.165, 1.54) is 37.9 Å². The van der Waals surface area contributed by atoms with E-state index in [1.54, 1.807) is 11.3 Å². The molecule has 0 aliphatic carbocycles. The fraction of sp³-hybridized carbons (Fsp3) is 0.667. The molecule has 3 heteroatoms. The van der Waals surface area contributed by atoms with Crippen molar-refractivity contribution in [3.63, 3.8) is 0 Å². The summed E-state index contributed by atoms with van der Waals surface area (Å²) < 4.78 is 0. The van der Waals surface area contributed by atoms with E-state index in [2.05, 4.69) is 21.7 Å². The van der Waals surface area contributed by atoms with Crippen LogP contribution >= 0.6 is 22.9 Å². The van der Waals surface area contributed by atoms with Gasteiger partial charge >= 0.3 is 0 Å². The third-order valence-corrected chi connectivity index (χ3v) is 4.06. The third-order valence-electron chi connectivity index (χ3n) is 3.11. The molecule has 1 aromatic rings. The van der Waals surface area contributed by atoms with Crippen molar-refractivity contribution in [3.05, 3.63) is 22.4 Å². The van der Waals surface area contributed by atoms with E-state index in [0.29, 0.717) is 0 Å². The zero-order chi connectivity index (χ0) is 10.5. The van der Waals surface area contributed by atoms with Crippen molar-refractivity contribution in [2.45, 2.75) is 25.8 Å². The number of halogens is 1. The minimum absolute atomic E-state index is 0.816. The number of hydrogen-bond donors (Lipinski definition) is 0. The predicted octanol–water partition coefficient (Wildman–Crippen LogP) is 3.59. The van der Waals surface area contributed by atoms with Crippen LogP contribution < -0.4 is 0 Å². The van der Waals surface area contributed by atoms with Gasteiger partial charge in [-0.1, -0.05) is 0 Å². The first-order chi connectivity index (χ1) is 7.38. The monoisotopic (exact) mass is 243 g/mol. The van der Waals surface area contributed by atoms with Gasteiger partial charge in [-0.25, -0.2) is 0 Å². The lowest BCUT2D eigenvalue weighted by atomic mass is 9.95. The molecule has 1 aliphatic heterocycles. The molecule has 0 radical (unpaired) electrons. The fourth-order valence-electron chi connectivity index (χ4n) is 2.33. The second kappa shape index (κ2) is 5.88.